The molecule has 1 atom stereocenters. The highest BCUT2D eigenvalue weighted by molar-refractivity contribution is 8.07. The topological polar surface area (TPSA) is 35.5 Å². The third kappa shape index (κ3) is 3.85. The van der Waals surface area contributed by atoms with Crippen LogP contribution in [0.4, 0.5) is 0 Å². The van der Waals surface area contributed by atoms with E-state index >= 15 is 0 Å². The van der Waals surface area contributed by atoms with Crippen molar-refractivity contribution in [3.63, 3.8) is 0 Å². The second-order valence-corrected chi connectivity index (χ2v) is 6.79. The molecule has 1 saturated heterocycles. The van der Waals surface area contributed by atoms with Crippen molar-refractivity contribution in [2.24, 2.45) is 0 Å². The zero-order valence-corrected chi connectivity index (χ0v) is 13.5. The Hall–Kier alpha value is -0.810. The average Bonchev–Trinajstić information content (AvgIpc) is 2.50. The smallest absolute Gasteiger partial charge is 0.176 e. The van der Waals surface area contributed by atoms with Crippen LogP contribution in [0.3, 0.4) is 0 Å². The average molecular weight is 312 g/mol. The summed E-state index contributed by atoms with van der Waals surface area (Å²) in [7, 11) is 0. The van der Waals surface area contributed by atoms with Crippen LogP contribution >= 0.6 is 23.5 Å². The van der Waals surface area contributed by atoms with E-state index in [2.05, 4.69) is 0 Å². The summed E-state index contributed by atoms with van der Waals surface area (Å²) in [6.45, 7) is 5.01. The molecule has 5 heteroatoms. The maximum atomic E-state index is 12.5. The highest BCUT2D eigenvalue weighted by atomic mass is 32.2. The van der Waals surface area contributed by atoms with Gasteiger partial charge in [0.1, 0.15) is 0 Å². The summed E-state index contributed by atoms with van der Waals surface area (Å²) in [5.74, 6) is 4.66. The first kappa shape index (κ1) is 15.6. The zero-order valence-electron chi connectivity index (χ0n) is 11.9. The summed E-state index contributed by atoms with van der Waals surface area (Å²) in [6.07, 6.45) is 0. The molecule has 0 bridgehead atoms. The van der Waals surface area contributed by atoms with E-state index < -0.39 is 0 Å². The number of rotatable bonds is 6. The molecule has 0 aromatic heterocycles. The Kier molecular flexibility index (Phi) is 6.10. The lowest BCUT2D eigenvalue weighted by molar-refractivity contribution is 0.0994. The van der Waals surface area contributed by atoms with E-state index in [4.69, 9.17) is 9.47 Å². The van der Waals surface area contributed by atoms with Gasteiger partial charge in [-0.15, -0.1) is 11.8 Å². The second-order valence-electron chi connectivity index (χ2n) is 4.33. The Morgan fingerprint density at radius 2 is 1.95 bits per heavy atom. The second kappa shape index (κ2) is 7.84. The molecule has 2 rings (SSSR count). The number of ketones is 1. The van der Waals surface area contributed by atoms with Gasteiger partial charge in [0.2, 0.25) is 0 Å². The molecule has 110 valence electrons. The lowest BCUT2D eigenvalue weighted by Crippen LogP contribution is -2.24. The molecule has 0 radical (unpaired) electrons. The fourth-order valence-electron chi connectivity index (χ4n) is 2.03. The van der Waals surface area contributed by atoms with Gasteiger partial charge in [-0.2, -0.15) is 11.8 Å². The highest BCUT2D eigenvalue weighted by Gasteiger charge is 2.24. The molecule has 0 amide bonds. The third-order valence-corrected chi connectivity index (χ3v) is 5.69. The van der Waals surface area contributed by atoms with Gasteiger partial charge in [-0.25, -0.2) is 0 Å². The fourth-order valence-corrected chi connectivity index (χ4v) is 4.66. The molecule has 1 aromatic carbocycles. The van der Waals surface area contributed by atoms with Gasteiger partial charge in [0.15, 0.2) is 17.3 Å². The van der Waals surface area contributed by atoms with Gasteiger partial charge in [0, 0.05) is 22.8 Å². The zero-order chi connectivity index (χ0) is 14.4. The maximum absolute atomic E-state index is 12.5. The number of ether oxygens (including phenoxy) is 2. The maximum Gasteiger partial charge on any atom is 0.176 e. The van der Waals surface area contributed by atoms with Crippen molar-refractivity contribution in [1.29, 1.82) is 0 Å². The number of benzene rings is 1. The van der Waals surface area contributed by atoms with E-state index in [0.717, 1.165) is 22.8 Å². The van der Waals surface area contributed by atoms with Crippen LogP contribution in [-0.2, 0) is 0 Å². The van der Waals surface area contributed by atoms with Crippen molar-refractivity contribution in [3.8, 4) is 11.5 Å². The summed E-state index contributed by atoms with van der Waals surface area (Å²) >= 11 is 3.61. The molecule has 0 spiro atoms. The van der Waals surface area contributed by atoms with Crippen molar-refractivity contribution in [3.05, 3.63) is 23.8 Å². The third-order valence-electron chi connectivity index (χ3n) is 2.94. The van der Waals surface area contributed by atoms with Gasteiger partial charge in [-0.1, -0.05) is 0 Å². The van der Waals surface area contributed by atoms with Crippen LogP contribution in [0.2, 0.25) is 0 Å². The standard InChI is InChI=1S/C15H20O3S2/c1-3-17-12-6-5-11(9-13(12)18-4-2)15(16)14-10-19-7-8-20-14/h5-6,9,14H,3-4,7-8,10H2,1-2H3. The van der Waals surface area contributed by atoms with Gasteiger partial charge in [-0.05, 0) is 32.0 Å². The molecular formula is C15H20O3S2. The van der Waals surface area contributed by atoms with E-state index in [1.54, 1.807) is 11.8 Å². The Morgan fingerprint density at radius 3 is 2.60 bits per heavy atom. The predicted molar refractivity (Wildman–Crippen MR) is 86.7 cm³/mol. The lowest BCUT2D eigenvalue weighted by atomic mass is 10.1. The Balaban J connectivity index is 2.18. The molecule has 0 saturated carbocycles. The Labute approximate surface area is 128 Å². The van der Waals surface area contributed by atoms with E-state index in [-0.39, 0.29) is 11.0 Å². The van der Waals surface area contributed by atoms with Crippen molar-refractivity contribution in [2.75, 3.05) is 30.5 Å². The minimum atomic E-state index is 0.0705. The minimum absolute atomic E-state index is 0.0705. The van der Waals surface area contributed by atoms with E-state index in [1.807, 2.05) is 43.8 Å². The van der Waals surface area contributed by atoms with Gasteiger partial charge in [0.05, 0.1) is 18.5 Å². The molecule has 1 aromatic rings. The van der Waals surface area contributed by atoms with E-state index in [9.17, 15) is 4.79 Å². The predicted octanol–water partition coefficient (Wildman–Crippen LogP) is 3.52. The first-order valence-corrected chi connectivity index (χ1v) is 9.09. The van der Waals surface area contributed by atoms with Gasteiger partial charge in [-0.3, -0.25) is 4.79 Å². The van der Waals surface area contributed by atoms with Crippen molar-refractivity contribution >= 4 is 29.3 Å². The number of carbonyl (C=O) groups excluding carboxylic acids is 1. The van der Waals surface area contributed by atoms with Crippen LogP contribution in [0.1, 0.15) is 24.2 Å². The molecule has 1 aliphatic heterocycles. The molecule has 1 fully saturated rings. The van der Waals surface area contributed by atoms with Crippen LogP contribution in [0.15, 0.2) is 18.2 Å². The molecule has 3 nitrogen and oxygen atoms in total. The van der Waals surface area contributed by atoms with E-state index in [0.29, 0.717) is 24.7 Å². The summed E-state index contributed by atoms with van der Waals surface area (Å²) in [6, 6.07) is 5.49. The van der Waals surface area contributed by atoms with Gasteiger partial charge in [0.25, 0.3) is 0 Å². The van der Waals surface area contributed by atoms with Crippen molar-refractivity contribution < 1.29 is 14.3 Å². The molecule has 1 heterocycles. The lowest BCUT2D eigenvalue weighted by Gasteiger charge is -2.20. The van der Waals surface area contributed by atoms with Crippen LogP contribution in [0, 0.1) is 0 Å². The van der Waals surface area contributed by atoms with Crippen LogP contribution in [-0.4, -0.2) is 41.5 Å². The highest BCUT2D eigenvalue weighted by Crippen LogP contribution is 2.32. The Morgan fingerprint density at radius 1 is 1.20 bits per heavy atom. The number of Topliss-reactive ketones (excluding diaryl/α,β-unsaturated/α-hetero) is 1. The number of thioether (sulfide) groups is 2. The molecule has 0 N–H and O–H groups in total. The van der Waals surface area contributed by atoms with Gasteiger partial charge < -0.3 is 9.47 Å². The molecule has 20 heavy (non-hydrogen) atoms. The largest absolute Gasteiger partial charge is 0.490 e. The van der Waals surface area contributed by atoms with Crippen LogP contribution in [0.25, 0.3) is 0 Å². The molecule has 1 aliphatic rings. The Bertz CT molecular complexity index is 456. The first-order chi connectivity index (χ1) is 9.76. The molecule has 0 aliphatic carbocycles. The summed E-state index contributed by atoms with van der Waals surface area (Å²) in [4.78, 5) is 12.5. The number of carbonyl (C=O) groups is 1. The number of hydrogen-bond donors (Lipinski definition) is 0. The first-order valence-electron chi connectivity index (χ1n) is 6.89. The molecule has 1 unspecified atom stereocenters. The fraction of sp³-hybridized carbons (Fsp3) is 0.533. The summed E-state index contributed by atoms with van der Waals surface area (Å²) in [5.41, 5.74) is 0.719. The number of hydrogen-bond acceptors (Lipinski definition) is 5. The van der Waals surface area contributed by atoms with Gasteiger partial charge >= 0.3 is 0 Å². The van der Waals surface area contributed by atoms with Crippen molar-refractivity contribution in [2.45, 2.75) is 19.1 Å². The van der Waals surface area contributed by atoms with E-state index in [1.165, 1.54) is 0 Å². The normalized spacial score (nSPS) is 18.6. The monoisotopic (exact) mass is 312 g/mol. The SMILES string of the molecule is CCOc1ccc(C(=O)C2CSCCS2)cc1OCC. The minimum Gasteiger partial charge on any atom is -0.490 e. The quantitative estimate of drug-likeness (QED) is 0.751. The van der Waals surface area contributed by atoms with Crippen molar-refractivity contribution in [1.82, 2.24) is 0 Å². The van der Waals surface area contributed by atoms with Crippen LogP contribution < -0.4 is 9.47 Å². The van der Waals surface area contributed by atoms with Crippen LogP contribution in [0.5, 0.6) is 11.5 Å². The molecular weight excluding hydrogens is 292 g/mol. The summed E-state index contributed by atoms with van der Waals surface area (Å²) < 4.78 is 11.1. The summed E-state index contributed by atoms with van der Waals surface area (Å²) in [5, 5.41) is 0.0705.